The van der Waals surface area contributed by atoms with Gasteiger partial charge in [-0.1, -0.05) is 6.07 Å². The maximum Gasteiger partial charge on any atom is 0.183 e. The van der Waals surface area contributed by atoms with Crippen molar-refractivity contribution in [3.05, 3.63) is 46.7 Å². The van der Waals surface area contributed by atoms with E-state index in [1.54, 1.807) is 23.5 Å². The van der Waals surface area contributed by atoms with Crippen LogP contribution in [0.5, 0.6) is 5.75 Å². The quantitative estimate of drug-likeness (QED) is 0.690. The van der Waals surface area contributed by atoms with Gasteiger partial charge in [0.1, 0.15) is 5.75 Å². The second kappa shape index (κ2) is 8.30. The fraction of sp³-hybridized carbons (Fsp3) is 0.444. The predicted molar refractivity (Wildman–Crippen MR) is 107 cm³/mol. The highest BCUT2D eigenvalue weighted by atomic mass is 32.2. The SMILES string of the molecule is CCOc1ccc(S(=O)(=O)[C@@H]2CS(=O)(=O)C[C@H]2NCCc2cccs2)cc1. The number of nitrogens with one attached hydrogen (secondary N) is 1. The highest BCUT2D eigenvalue weighted by Crippen LogP contribution is 2.27. The van der Waals surface area contributed by atoms with Crippen molar-refractivity contribution in [2.45, 2.75) is 29.5 Å². The second-order valence-corrected chi connectivity index (χ2v) is 11.8. The average Bonchev–Trinajstić information content (AvgIpc) is 3.23. The van der Waals surface area contributed by atoms with Gasteiger partial charge in [0.25, 0.3) is 0 Å². The number of hydrogen-bond acceptors (Lipinski definition) is 7. The normalized spacial score (nSPS) is 22.0. The summed E-state index contributed by atoms with van der Waals surface area (Å²) in [5, 5.41) is 4.15. The van der Waals surface area contributed by atoms with Crippen LogP contribution in [-0.4, -0.2) is 52.8 Å². The number of hydrogen-bond donors (Lipinski definition) is 1. The topological polar surface area (TPSA) is 89.5 Å². The van der Waals surface area contributed by atoms with Crippen LogP contribution < -0.4 is 10.1 Å². The lowest BCUT2D eigenvalue weighted by atomic mass is 10.2. The number of benzene rings is 1. The van der Waals surface area contributed by atoms with E-state index in [0.29, 0.717) is 18.9 Å². The van der Waals surface area contributed by atoms with Gasteiger partial charge >= 0.3 is 0 Å². The minimum absolute atomic E-state index is 0.123. The monoisotopic (exact) mass is 429 g/mol. The molecular formula is C18H23NO5S3. The number of ether oxygens (including phenoxy) is 1. The Morgan fingerprint density at radius 1 is 1.19 bits per heavy atom. The molecule has 0 bridgehead atoms. The molecule has 1 N–H and O–H groups in total. The van der Waals surface area contributed by atoms with Crippen molar-refractivity contribution in [1.82, 2.24) is 5.32 Å². The molecule has 1 aliphatic rings. The fourth-order valence-corrected chi connectivity index (χ4v) is 8.64. The molecular weight excluding hydrogens is 406 g/mol. The summed E-state index contributed by atoms with van der Waals surface area (Å²) >= 11 is 1.63. The molecule has 1 aromatic heterocycles. The highest BCUT2D eigenvalue weighted by Gasteiger charge is 2.45. The van der Waals surface area contributed by atoms with E-state index in [1.165, 1.54) is 17.0 Å². The van der Waals surface area contributed by atoms with Crippen LogP contribution in [0.1, 0.15) is 11.8 Å². The van der Waals surface area contributed by atoms with Gasteiger partial charge < -0.3 is 10.1 Å². The first kappa shape index (κ1) is 20.3. The van der Waals surface area contributed by atoms with Crippen LogP contribution in [0.4, 0.5) is 0 Å². The third kappa shape index (κ3) is 4.90. The summed E-state index contributed by atoms with van der Waals surface area (Å²) in [5.74, 6) is 0.0820. The van der Waals surface area contributed by atoms with E-state index in [2.05, 4.69) is 5.32 Å². The van der Waals surface area contributed by atoms with Crippen LogP contribution in [0.25, 0.3) is 0 Å². The molecule has 6 nitrogen and oxygen atoms in total. The van der Waals surface area contributed by atoms with Crippen molar-refractivity contribution >= 4 is 31.0 Å². The van der Waals surface area contributed by atoms with Gasteiger partial charge in [-0.15, -0.1) is 11.3 Å². The summed E-state index contributed by atoms with van der Waals surface area (Å²) < 4.78 is 55.7. The van der Waals surface area contributed by atoms with Gasteiger partial charge in [-0.25, -0.2) is 16.8 Å². The first-order valence-electron chi connectivity index (χ1n) is 8.75. The third-order valence-electron chi connectivity index (χ3n) is 4.52. The van der Waals surface area contributed by atoms with Crippen molar-refractivity contribution in [3.8, 4) is 5.75 Å². The lowest BCUT2D eigenvalue weighted by Crippen LogP contribution is -2.44. The van der Waals surface area contributed by atoms with Crippen molar-refractivity contribution in [2.24, 2.45) is 0 Å². The zero-order valence-electron chi connectivity index (χ0n) is 15.0. The van der Waals surface area contributed by atoms with Crippen LogP contribution in [0, 0.1) is 0 Å². The van der Waals surface area contributed by atoms with Crippen molar-refractivity contribution in [2.75, 3.05) is 24.7 Å². The van der Waals surface area contributed by atoms with Crippen LogP contribution in [0.15, 0.2) is 46.7 Å². The van der Waals surface area contributed by atoms with Crippen molar-refractivity contribution in [3.63, 3.8) is 0 Å². The molecule has 2 atom stereocenters. The maximum absolute atomic E-state index is 13.1. The third-order valence-corrected chi connectivity index (χ3v) is 9.62. The van der Waals surface area contributed by atoms with E-state index in [0.717, 1.165) is 6.42 Å². The van der Waals surface area contributed by atoms with Gasteiger partial charge in [0.05, 0.1) is 28.3 Å². The lowest BCUT2D eigenvalue weighted by Gasteiger charge is -2.20. The molecule has 2 aromatic rings. The lowest BCUT2D eigenvalue weighted by molar-refractivity contribution is 0.340. The van der Waals surface area contributed by atoms with E-state index in [4.69, 9.17) is 4.74 Å². The Balaban J connectivity index is 1.75. The van der Waals surface area contributed by atoms with E-state index < -0.39 is 31.0 Å². The Bertz CT molecular complexity index is 951. The number of sulfone groups is 2. The first-order valence-corrected chi connectivity index (χ1v) is 13.0. The van der Waals surface area contributed by atoms with Crippen LogP contribution in [-0.2, 0) is 26.1 Å². The van der Waals surface area contributed by atoms with Gasteiger partial charge in [0.2, 0.25) is 0 Å². The Labute approximate surface area is 164 Å². The fourth-order valence-electron chi connectivity index (χ4n) is 3.21. The molecule has 27 heavy (non-hydrogen) atoms. The van der Waals surface area contributed by atoms with Gasteiger partial charge in [-0.05, 0) is 49.1 Å². The Kier molecular flexibility index (Phi) is 6.25. The second-order valence-electron chi connectivity index (χ2n) is 6.45. The summed E-state index contributed by atoms with van der Waals surface area (Å²) in [4.78, 5) is 1.30. The van der Waals surface area contributed by atoms with E-state index in [9.17, 15) is 16.8 Å². The Morgan fingerprint density at radius 2 is 1.93 bits per heavy atom. The van der Waals surface area contributed by atoms with Gasteiger partial charge in [0.15, 0.2) is 19.7 Å². The summed E-state index contributed by atoms with van der Waals surface area (Å²) in [5.41, 5.74) is 0. The van der Waals surface area contributed by atoms with Crippen molar-refractivity contribution in [1.29, 1.82) is 0 Å². The van der Waals surface area contributed by atoms with Gasteiger partial charge in [-0.2, -0.15) is 0 Å². The highest BCUT2D eigenvalue weighted by molar-refractivity contribution is 7.96. The molecule has 3 rings (SSSR count). The van der Waals surface area contributed by atoms with Gasteiger partial charge in [-0.3, -0.25) is 0 Å². The summed E-state index contributed by atoms with van der Waals surface area (Å²) in [6.07, 6.45) is 0.740. The van der Waals surface area contributed by atoms with Crippen LogP contribution in [0.2, 0.25) is 0 Å². The molecule has 0 radical (unpaired) electrons. The largest absolute Gasteiger partial charge is 0.494 e. The summed E-state index contributed by atoms with van der Waals surface area (Å²) in [7, 11) is -7.17. The number of rotatable bonds is 8. The Hall–Kier alpha value is -1.42. The summed E-state index contributed by atoms with van der Waals surface area (Å²) in [6.45, 7) is 2.87. The van der Waals surface area contributed by atoms with E-state index in [1.807, 2.05) is 24.4 Å². The molecule has 148 valence electrons. The molecule has 0 spiro atoms. The minimum Gasteiger partial charge on any atom is -0.494 e. The standard InChI is InChI=1S/C18H23NO5S3/c1-2-24-14-5-7-16(8-6-14)27(22,23)18-13-26(20,21)12-17(18)19-10-9-15-4-3-11-25-15/h3-8,11,17-19H,2,9-10,12-13H2,1H3/t17-,18-/m1/s1. The molecule has 9 heteroatoms. The van der Waals surface area contributed by atoms with Crippen LogP contribution >= 0.6 is 11.3 Å². The Morgan fingerprint density at radius 3 is 2.56 bits per heavy atom. The number of thiophene rings is 1. The first-order chi connectivity index (χ1) is 12.8. The maximum atomic E-state index is 13.1. The molecule has 1 aromatic carbocycles. The smallest absolute Gasteiger partial charge is 0.183 e. The molecule has 2 heterocycles. The minimum atomic E-state index is -3.77. The van der Waals surface area contributed by atoms with E-state index >= 15 is 0 Å². The average molecular weight is 430 g/mol. The molecule has 0 unspecified atom stereocenters. The van der Waals surface area contributed by atoms with Crippen LogP contribution in [0.3, 0.4) is 0 Å². The molecule has 1 aliphatic heterocycles. The predicted octanol–water partition coefficient (Wildman–Crippen LogP) is 1.92. The van der Waals surface area contributed by atoms with Crippen molar-refractivity contribution < 1.29 is 21.6 Å². The molecule has 0 saturated carbocycles. The molecule has 1 saturated heterocycles. The summed E-state index contributed by atoms with van der Waals surface area (Å²) in [6, 6.07) is 9.51. The molecule has 1 fully saturated rings. The zero-order valence-corrected chi connectivity index (χ0v) is 17.4. The zero-order chi connectivity index (χ0) is 19.5. The van der Waals surface area contributed by atoms with Gasteiger partial charge in [0, 0.05) is 17.5 Å². The molecule has 0 amide bonds. The molecule has 0 aliphatic carbocycles. The van der Waals surface area contributed by atoms with E-state index in [-0.39, 0.29) is 16.4 Å².